The monoisotopic (exact) mass is 380 g/mol. The maximum absolute atomic E-state index is 12.2. The second-order valence-corrected chi connectivity index (χ2v) is 6.35. The number of carbonyl (C=O) groups is 4. The molecule has 0 fully saturated rings. The number of hydrogen-bond donors (Lipinski definition) is 1. The highest BCUT2D eigenvalue weighted by molar-refractivity contribution is 6.21. The molecule has 0 aliphatic carbocycles. The van der Waals surface area contributed by atoms with Crippen molar-refractivity contribution >= 4 is 23.7 Å². The molecule has 3 amide bonds. The number of benzene rings is 2. The van der Waals surface area contributed by atoms with E-state index >= 15 is 0 Å². The van der Waals surface area contributed by atoms with Crippen molar-refractivity contribution in [2.75, 3.05) is 19.7 Å². The maximum atomic E-state index is 12.2. The van der Waals surface area contributed by atoms with Crippen LogP contribution in [-0.4, -0.2) is 48.3 Å². The number of nitrogens with zero attached hydrogens (tertiary/aromatic N) is 1. The Balaban J connectivity index is 1.40. The summed E-state index contributed by atoms with van der Waals surface area (Å²) >= 11 is 0. The Morgan fingerprint density at radius 1 is 0.964 bits per heavy atom. The van der Waals surface area contributed by atoms with E-state index in [0.717, 1.165) is 10.5 Å². The highest BCUT2D eigenvalue weighted by atomic mass is 16.5. The van der Waals surface area contributed by atoms with Gasteiger partial charge in [0.2, 0.25) is 0 Å². The number of rotatable bonds is 7. The van der Waals surface area contributed by atoms with Gasteiger partial charge in [-0.05, 0) is 30.7 Å². The minimum atomic E-state index is -0.512. The summed E-state index contributed by atoms with van der Waals surface area (Å²) in [5, 5.41) is 2.67. The van der Waals surface area contributed by atoms with Gasteiger partial charge in [0, 0.05) is 12.1 Å². The number of hydrogen-bond acceptors (Lipinski definition) is 5. The van der Waals surface area contributed by atoms with Crippen LogP contribution in [0.4, 0.5) is 0 Å². The molecule has 28 heavy (non-hydrogen) atoms. The van der Waals surface area contributed by atoms with Crippen molar-refractivity contribution in [3.63, 3.8) is 0 Å². The zero-order chi connectivity index (χ0) is 20.1. The Labute approximate surface area is 162 Å². The van der Waals surface area contributed by atoms with Crippen LogP contribution in [0.2, 0.25) is 0 Å². The van der Waals surface area contributed by atoms with Crippen LogP contribution < -0.4 is 5.32 Å². The van der Waals surface area contributed by atoms with Crippen LogP contribution in [0.3, 0.4) is 0 Å². The molecule has 1 aliphatic heterocycles. The number of ether oxygens (including phenoxy) is 1. The van der Waals surface area contributed by atoms with Crippen LogP contribution in [0, 0.1) is 6.92 Å². The van der Waals surface area contributed by atoms with Crippen molar-refractivity contribution < 1.29 is 23.9 Å². The number of esters is 1. The Kier molecular flexibility index (Phi) is 5.84. The van der Waals surface area contributed by atoms with E-state index in [2.05, 4.69) is 5.32 Å². The van der Waals surface area contributed by atoms with Gasteiger partial charge in [-0.25, -0.2) is 0 Å². The molecule has 0 saturated heterocycles. The highest BCUT2D eigenvalue weighted by Gasteiger charge is 2.34. The number of fused-ring (bicyclic) bond motifs is 1. The number of amides is 3. The third-order valence-corrected chi connectivity index (χ3v) is 4.46. The molecule has 0 unspecified atom stereocenters. The topological polar surface area (TPSA) is 92.8 Å². The molecular formula is C21H20N2O5. The van der Waals surface area contributed by atoms with E-state index in [1.165, 1.54) is 0 Å². The Bertz CT molecular complexity index is 903. The molecule has 0 saturated carbocycles. The van der Waals surface area contributed by atoms with Crippen molar-refractivity contribution in [1.82, 2.24) is 10.2 Å². The van der Waals surface area contributed by atoms with Crippen LogP contribution in [0.5, 0.6) is 0 Å². The van der Waals surface area contributed by atoms with Gasteiger partial charge in [-0.2, -0.15) is 0 Å². The largest absolute Gasteiger partial charge is 0.464 e. The fraction of sp³-hybridized carbons (Fsp3) is 0.238. The molecule has 0 aromatic heterocycles. The molecule has 1 aliphatic rings. The number of imide groups is 1. The molecule has 0 atom stereocenters. The van der Waals surface area contributed by atoms with Gasteiger partial charge in [0.15, 0.2) is 0 Å². The summed E-state index contributed by atoms with van der Waals surface area (Å²) in [6, 6.07) is 13.7. The van der Waals surface area contributed by atoms with E-state index in [1.807, 2.05) is 19.1 Å². The first-order valence-electron chi connectivity index (χ1n) is 8.93. The smallest absolute Gasteiger partial charge is 0.307 e. The van der Waals surface area contributed by atoms with Gasteiger partial charge >= 0.3 is 5.97 Å². The maximum Gasteiger partial charge on any atom is 0.307 e. The third-order valence-electron chi connectivity index (χ3n) is 4.46. The predicted molar refractivity (Wildman–Crippen MR) is 101 cm³/mol. The minimum Gasteiger partial charge on any atom is -0.464 e. The molecular weight excluding hydrogens is 360 g/mol. The van der Waals surface area contributed by atoms with Gasteiger partial charge in [0.1, 0.15) is 6.61 Å². The molecule has 0 spiro atoms. The lowest BCUT2D eigenvalue weighted by Gasteiger charge is -2.14. The standard InChI is InChI=1S/C21H20N2O5/c1-14-6-2-3-7-15(14)19(25)22-11-10-18(24)28-13-12-23-20(26)16-8-4-5-9-17(16)21(23)27/h2-9H,10-13H2,1H3,(H,22,25). The molecule has 1 heterocycles. The summed E-state index contributed by atoms with van der Waals surface area (Å²) in [4.78, 5) is 49.4. The second kappa shape index (κ2) is 8.47. The average molecular weight is 380 g/mol. The first-order valence-corrected chi connectivity index (χ1v) is 8.93. The fourth-order valence-electron chi connectivity index (χ4n) is 2.97. The van der Waals surface area contributed by atoms with E-state index in [-0.39, 0.29) is 43.8 Å². The SMILES string of the molecule is Cc1ccccc1C(=O)NCCC(=O)OCCN1C(=O)c2ccccc2C1=O. The normalized spacial score (nSPS) is 12.7. The highest BCUT2D eigenvalue weighted by Crippen LogP contribution is 2.21. The lowest BCUT2D eigenvalue weighted by Crippen LogP contribution is -2.34. The van der Waals surface area contributed by atoms with Crippen molar-refractivity contribution in [2.24, 2.45) is 0 Å². The molecule has 7 nitrogen and oxygen atoms in total. The van der Waals surface area contributed by atoms with Crippen molar-refractivity contribution in [2.45, 2.75) is 13.3 Å². The summed E-state index contributed by atoms with van der Waals surface area (Å²) in [6.07, 6.45) is -0.000258. The summed E-state index contributed by atoms with van der Waals surface area (Å²) in [5.74, 6) is -1.54. The summed E-state index contributed by atoms with van der Waals surface area (Å²) < 4.78 is 5.07. The van der Waals surface area contributed by atoms with Crippen LogP contribution in [0.15, 0.2) is 48.5 Å². The van der Waals surface area contributed by atoms with E-state index in [4.69, 9.17) is 4.74 Å². The molecule has 2 aromatic rings. The first kappa shape index (κ1) is 19.3. The van der Waals surface area contributed by atoms with Crippen molar-refractivity contribution in [3.8, 4) is 0 Å². The fourth-order valence-corrected chi connectivity index (χ4v) is 2.97. The van der Waals surface area contributed by atoms with E-state index in [1.54, 1.807) is 36.4 Å². The summed E-state index contributed by atoms with van der Waals surface area (Å²) in [7, 11) is 0. The van der Waals surface area contributed by atoms with Gasteiger partial charge in [0.05, 0.1) is 24.1 Å². The Hall–Kier alpha value is -3.48. The number of aryl methyl sites for hydroxylation is 1. The molecule has 7 heteroatoms. The molecule has 1 N–H and O–H groups in total. The Morgan fingerprint density at radius 2 is 1.57 bits per heavy atom. The van der Waals surface area contributed by atoms with E-state index < -0.39 is 5.97 Å². The lowest BCUT2D eigenvalue weighted by molar-refractivity contribution is -0.143. The van der Waals surface area contributed by atoms with Gasteiger partial charge in [0.25, 0.3) is 17.7 Å². The van der Waals surface area contributed by atoms with E-state index in [0.29, 0.717) is 16.7 Å². The van der Waals surface area contributed by atoms with Crippen LogP contribution >= 0.6 is 0 Å². The molecule has 0 bridgehead atoms. The average Bonchev–Trinajstić information content (AvgIpc) is 2.93. The summed E-state index contributed by atoms with van der Waals surface area (Å²) in [6.45, 7) is 1.88. The summed E-state index contributed by atoms with van der Waals surface area (Å²) in [5.41, 5.74) is 2.13. The van der Waals surface area contributed by atoms with Gasteiger partial charge in [-0.15, -0.1) is 0 Å². The second-order valence-electron chi connectivity index (χ2n) is 6.35. The van der Waals surface area contributed by atoms with Crippen molar-refractivity contribution in [3.05, 3.63) is 70.8 Å². The van der Waals surface area contributed by atoms with Crippen LogP contribution in [-0.2, 0) is 9.53 Å². The van der Waals surface area contributed by atoms with Crippen LogP contribution in [0.25, 0.3) is 0 Å². The zero-order valence-corrected chi connectivity index (χ0v) is 15.4. The zero-order valence-electron chi connectivity index (χ0n) is 15.4. The molecule has 2 aromatic carbocycles. The first-order chi connectivity index (χ1) is 13.5. The van der Waals surface area contributed by atoms with Gasteiger partial charge in [-0.3, -0.25) is 24.1 Å². The lowest BCUT2D eigenvalue weighted by atomic mass is 10.1. The quantitative estimate of drug-likeness (QED) is 0.585. The van der Waals surface area contributed by atoms with Crippen molar-refractivity contribution in [1.29, 1.82) is 0 Å². The minimum absolute atomic E-state index is 0.000258. The molecule has 0 radical (unpaired) electrons. The molecule has 144 valence electrons. The predicted octanol–water partition coefficient (Wildman–Crippen LogP) is 1.95. The van der Waals surface area contributed by atoms with Crippen LogP contribution in [0.1, 0.15) is 43.1 Å². The Morgan fingerprint density at radius 3 is 2.21 bits per heavy atom. The third kappa shape index (κ3) is 4.09. The number of nitrogens with one attached hydrogen (secondary N) is 1. The van der Waals surface area contributed by atoms with Gasteiger partial charge in [-0.1, -0.05) is 30.3 Å². The number of carbonyl (C=O) groups excluding carboxylic acids is 4. The molecule has 3 rings (SSSR count). The van der Waals surface area contributed by atoms with Gasteiger partial charge < -0.3 is 10.1 Å². The van der Waals surface area contributed by atoms with E-state index in [9.17, 15) is 19.2 Å².